The van der Waals surface area contributed by atoms with E-state index in [1.165, 1.54) is 17.0 Å². The van der Waals surface area contributed by atoms with Gasteiger partial charge in [0.1, 0.15) is 0 Å². The van der Waals surface area contributed by atoms with Gasteiger partial charge in [-0.05, 0) is 48.4 Å². The Labute approximate surface area is 140 Å². The molecule has 0 fully saturated rings. The Hall–Kier alpha value is -2.42. The molecule has 9 heteroatoms. The first kappa shape index (κ1) is 17.4. The maximum absolute atomic E-state index is 13.1. The van der Waals surface area contributed by atoms with E-state index in [9.17, 15) is 30.3 Å². The number of nitrogens with zero attached hydrogens (tertiary/aromatic N) is 1. The molecule has 2 aromatic rings. The van der Waals surface area contributed by atoms with Crippen molar-refractivity contribution in [3.8, 4) is 0 Å². The molecule has 0 aliphatic carbocycles. The van der Waals surface area contributed by atoms with Crippen molar-refractivity contribution in [1.29, 1.82) is 0 Å². The summed E-state index contributed by atoms with van der Waals surface area (Å²) < 4.78 is 73.6. The summed E-state index contributed by atoms with van der Waals surface area (Å²) in [6.07, 6.45) is -4.45. The van der Waals surface area contributed by atoms with Crippen molar-refractivity contribution in [2.45, 2.75) is 17.5 Å². The molecule has 0 saturated carbocycles. The van der Waals surface area contributed by atoms with Gasteiger partial charge in [0.2, 0.25) is 0 Å². The zero-order valence-electron chi connectivity index (χ0n) is 12.5. The van der Waals surface area contributed by atoms with Crippen molar-refractivity contribution in [2.24, 2.45) is 0 Å². The van der Waals surface area contributed by atoms with E-state index < -0.39 is 32.8 Å². The normalized spacial score (nSPS) is 14.5. The van der Waals surface area contributed by atoms with Crippen LogP contribution in [0.25, 0.3) is 0 Å². The van der Waals surface area contributed by atoms with Crippen LogP contribution in [-0.2, 0) is 22.8 Å². The molecule has 0 saturated heterocycles. The van der Waals surface area contributed by atoms with Gasteiger partial charge in [-0.15, -0.1) is 3.89 Å². The maximum Gasteiger partial charge on any atom is 0.416 e. The third kappa shape index (κ3) is 3.23. The number of hydrogen-bond donors (Lipinski definition) is 0. The number of anilines is 1. The molecule has 0 spiro atoms. The van der Waals surface area contributed by atoms with Gasteiger partial charge in [0.05, 0.1) is 10.5 Å². The van der Waals surface area contributed by atoms with Crippen molar-refractivity contribution < 1.29 is 30.3 Å². The number of halogens is 4. The van der Waals surface area contributed by atoms with Gasteiger partial charge in [0.15, 0.2) is 0 Å². The summed E-state index contributed by atoms with van der Waals surface area (Å²) >= 11 is 0. The minimum absolute atomic E-state index is 0.0475. The van der Waals surface area contributed by atoms with Gasteiger partial charge in [-0.3, -0.25) is 4.79 Å². The van der Waals surface area contributed by atoms with E-state index in [4.69, 9.17) is 0 Å². The molecule has 4 nitrogen and oxygen atoms in total. The molecule has 0 aromatic heterocycles. The molecule has 2 aromatic carbocycles. The minimum Gasteiger partial charge on any atom is -0.308 e. The van der Waals surface area contributed by atoms with Crippen LogP contribution in [0.5, 0.6) is 0 Å². The van der Waals surface area contributed by atoms with Crippen LogP contribution in [0.1, 0.15) is 21.5 Å². The fraction of sp³-hybridized carbons (Fsp3) is 0.188. The second kappa shape index (κ2) is 5.83. The van der Waals surface area contributed by atoms with Gasteiger partial charge in [-0.25, -0.2) is 0 Å². The van der Waals surface area contributed by atoms with Crippen LogP contribution in [0, 0.1) is 0 Å². The molecule has 1 heterocycles. The highest BCUT2D eigenvalue weighted by molar-refractivity contribution is 7.86. The van der Waals surface area contributed by atoms with E-state index >= 15 is 0 Å². The highest BCUT2D eigenvalue weighted by Crippen LogP contribution is 2.39. The van der Waals surface area contributed by atoms with Gasteiger partial charge >= 0.3 is 16.4 Å². The van der Waals surface area contributed by atoms with Crippen molar-refractivity contribution in [3.05, 3.63) is 59.2 Å². The summed E-state index contributed by atoms with van der Waals surface area (Å²) in [5, 5.41) is 0. The lowest BCUT2D eigenvalue weighted by atomic mass is 10.0. The van der Waals surface area contributed by atoms with E-state index in [-0.39, 0.29) is 29.8 Å². The molecule has 1 aliphatic rings. The largest absolute Gasteiger partial charge is 0.416 e. The number of fused-ring (bicyclic) bond motifs is 1. The molecule has 0 atom stereocenters. The maximum atomic E-state index is 13.1. The molecular weight excluding hydrogens is 362 g/mol. The molecule has 0 unspecified atom stereocenters. The Bertz CT molecular complexity index is 937. The Balaban J connectivity index is 1.95. The third-order valence-corrected chi connectivity index (χ3v) is 4.80. The van der Waals surface area contributed by atoms with Crippen LogP contribution in [0.2, 0.25) is 0 Å². The molecule has 132 valence electrons. The fourth-order valence-electron chi connectivity index (χ4n) is 2.83. The van der Waals surface area contributed by atoms with Crippen LogP contribution in [0.4, 0.5) is 22.7 Å². The number of carbonyl (C=O) groups is 1. The number of hydrogen-bond acceptors (Lipinski definition) is 3. The zero-order chi connectivity index (χ0) is 18.4. The van der Waals surface area contributed by atoms with Crippen molar-refractivity contribution >= 4 is 21.8 Å². The Kier molecular flexibility index (Phi) is 4.06. The van der Waals surface area contributed by atoms with Crippen LogP contribution in [0.15, 0.2) is 47.4 Å². The highest BCUT2D eigenvalue weighted by Gasteiger charge is 2.37. The number of amides is 1. The summed E-state index contributed by atoms with van der Waals surface area (Å²) in [5.41, 5.74) is -0.509. The quantitative estimate of drug-likeness (QED) is 0.597. The molecule has 1 amide bonds. The molecule has 0 radical (unpaired) electrons. The molecule has 25 heavy (non-hydrogen) atoms. The van der Waals surface area contributed by atoms with Crippen molar-refractivity contribution in [1.82, 2.24) is 0 Å². The number of benzene rings is 2. The van der Waals surface area contributed by atoms with Gasteiger partial charge in [0, 0.05) is 17.8 Å². The number of rotatable bonds is 2. The summed E-state index contributed by atoms with van der Waals surface area (Å²) in [6.45, 7) is 0.0738. The average molecular weight is 373 g/mol. The number of alkyl halides is 3. The second-order valence-electron chi connectivity index (χ2n) is 5.47. The van der Waals surface area contributed by atoms with Crippen molar-refractivity contribution in [3.63, 3.8) is 0 Å². The van der Waals surface area contributed by atoms with Crippen LogP contribution in [-0.4, -0.2) is 20.9 Å². The van der Waals surface area contributed by atoms with Crippen LogP contribution < -0.4 is 4.90 Å². The standard InChI is InChI=1S/C16H11F4NO3S/c17-16(18,19)13-2-1-3-14-12(13)8-9-21(14)15(22)10-4-6-11(7-5-10)25(20,23)24/h1-7H,8-9H2. The summed E-state index contributed by atoms with van der Waals surface area (Å²) in [4.78, 5) is 13.1. The topological polar surface area (TPSA) is 54.5 Å². The minimum atomic E-state index is -4.88. The Morgan fingerprint density at radius 2 is 1.68 bits per heavy atom. The lowest BCUT2D eigenvalue weighted by Crippen LogP contribution is -2.28. The predicted octanol–water partition coefficient (Wildman–Crippen LogP) is 3.57. The Morgan fingerprint density at radius 3 is 2.24 bits per heavy atom. The van der Waals surface area contributed by atoms with E-state index in [0.29, 0.717) is 0 Å². The summed E-state index contributed by atoms with van der Waals surface area (Å²) in [5.74, 6) is -0.583. The molecule has 1 aliphatic heterocycles. The average Bonchev–Trinajstić information content (AvgIpc) is 2.96. The third-order valence-electron chi connectivity index (χ3n) is 3.96. The zero-order valence-corrected chi connectivity index (χ0v) is 13.4. The van der Waals surface area contributed by atoms with E-state index in [1.807, 2.05) is 0 Å². The molecule has 0 bridgehead atoms. The monoisotopic (exact) mass is 373 g/mol. The van der Waals surface area contributed by atoms with Gasteiger partial charge in [-0.2, -0.15) is 21.6 Å². The first-order chi connectivity index (χ1) is 11.6. The van der Waals surface area contributed by atoms with Crippen molar-refractivity contribution in [2.75, 3.05) is 11.4 Å². The van der Waals surface area contributed by atoms with E-state index in [0.717, 1.165) is 30.3 Å². The predicted molar refractivity (Wildman–Crippen MR) is 81.6 cm³/mol. The van der Waals surface area contributed by atoms with Gasteiger partial charge in [-0.1, -0.05) is 6.07 Å². The van der Waals surface area contributed by atoms with Gasteiger partial charge < -0.3 is 4.90 Å². The second-order valence-corrected chi connectivity index (χ2v) is 6.82. The molecular formula is C16H11F4NO3S. The molecule has 0 N–H and O–H groups in total. The fourth-order valence-corrected chi connectivity index (χ4v) is 3.29. The first-order valence-electron chi connectivity index (χ1n) is 7.15. The lowest BCUT2D eigenvalue weighted by molar-refractivity contribution is -0.138. The summed E-state index contributed by atoms with van der Waals surface area (Å²) in [7, 11) is -4.88. The molecule has 3 rings (SSSR count). The van der Waals surface area contributed by atoms with Gasteiger partial charge in [0.25, 0.3) is 5.91 Å². The SMILES string of the molecule is O=C(c1ccc(S(=O)(=O)F)cc1)N1CCc2c1cccc2C(F)(F)F. The van der Waals surface area contributed by atoms with E-state index in [2.05, 4.69) is 0 Å². The number of carbonyl (C=O) groups excluding carboxylic acids is 1. The Morgan fingerprint density at radius 1 is 1.04 bits per heavy atom. The highest BCUT2D eigenvalue weighted by atomic mass is 32.3. The first-order valence-corrected chi connectivity index (χ1v) is 8.53. The summed E-state index contributed by atoms with van der Waals surface area (Å²) in [6, 6.07) is 7.74. The van der Waals surface area contributed by atoms with E-state index in [1.54, 1.807) is 0 Å². The van der Waals surface area contributed by atoms with Crippen LogP contribution >= 0.6 is 0 Å². The smallest absolute Gasteiger partial charge is 0.308 e. The lowest BCUT2D eigenvalue weighted by Gasteiger charge is -2.18. The van der Waals surface area contributed by atoms with Crippen LogP contribution in [0.3, 0.4) is 0 Å².